The first-order valence-corrected chi connectivity index (χ1v) is 7.47. The van der Waals surface area contributed by atoms with E-state index >= 15 is 0 Å². The van der Waals surface area contributed by atoms with Crippen molar-refractivity contribution in [1.29, 1.82) is 0 Å². The summed E-state index contributed by atoms with van der Waals surface area (Å²) in [6.45, 7) is 1.02. The number of hydrogen-bond acceptors (Lipinski definition) is 4. The molecule has 2 atom stereocenters. The van der Waals surface area contributed by atoms with Gasteiger partial charge in [-0.15, -0.1) is 0 Å². The highest BCUT2D eigenvalue weighted by molar-refractivity contribution is 5.86. The van der Waals surface area contributed by atoms with E-state index in [2.05, 4.69) is 16.0 Å². The van der Waals surface area contributed by atoms with Gasteiger partial charge < -0.3 is 10.1 Å². The zero-order valence-corrected chi connectivity index (χ0v) is 12.0. The standard InChI is InChI=1S/C17H17N3O2/c21-17(19-11-4-2-1-3-5-11)22-12-6-7-15-14(10-12)13-8-9-18-16(13)20-15/h1-7,10,13,16,18,20H,8-9H2,(H,19,21). The molecule has 2 aliphatic rings. The minimum absolute atomic E-state index is 0.309. The van der Waals surface area contributed by atoms with Gasteiger partial charge in [-0.2, -0.15) is 0 Å². The highest BCUT2D eigenvalue weighted by atomic mass is 16.6. The number of carbonyl (C=O) groups is 1. The van der Waals surface area contributed by atoms with Crippen molar-refractivity contribution in [2.24, 2.45) is 0 Å². The summed E-state index contributed by atoms with van der Waals surface area (Å²) >= 11 is 0. The number of anilines is 2. The van der Waals surface area contributed by atoms with Crippen LogP contribution in [0.4, 0.5) is 16.2 Å². The van der Waals surface area contributed by atoms with E-state index in [9.17, 15) is 4.79 Å². The summed E-state index contributed by atoms with van der Waals surface area (Å²) in [5.74, 6) is 1.03. The number of ether oxygens (including phenoxy) is 1. The lowest BCUT2D eigenvalue weighted by atomic mass is 9.98. The van der Waals surface area contributed by atoms with Gasteiger partial charge in [0.25, 0.3) is 0 Å². The molecule has 1 amide bonds. The average Bonchev–Trinajstić information content (AvgIpc) is 3.09. The molecule has 0 radical (unpaired) electrons. The summed E-state index contributed by atoms with van der Waals surface area (Å²) in [5, 5.41) is 9.59. The quantitative estimate of drug-likeness (QED) is 0.796. The highest BCUT2D eigenvalue weighted by Crippen LogP contribution is 2.41. The Balaban J connectivity index is 1.48. The van der Waals surface area contributed by atoms with Gasteiger partial charge in [-0.3, -0.25) is 10.6 Å². The first kappa shape index (κ1) is 13.2. The number of para-hydroxylation sites is 1. The summed E-state index contributed by atoms with van der Waals surface area (Å²) in [5.41, 5.74) is 3.06. The van der Waals surface area contributed by atoms with Crippen molar-refractivity contribution < 1.29 is 9.53 Å². The van der Waals surface area contributed by atoms with E-state index in [1.54, 1.807) is 0 Å². The van der Waals surface area contributed by atoms with Crippen LogP contribution in [-0.4, -0.2) is 18.8 Å². The lowest BCUT2D eigenvalue weighted by Crippen LogP contribution is -2.29. The summed E-state index contributed by atoms with van der Waals surface area (Å²) in [4.78, 5) is 11.9. The lowest BCUT2D eigenvalue weighted by Gasteiger charge is -2.09. The number of nitrogens with one attached hydrogen (secondary N) is 3. The van der Waals surface area contributed by atoms with Crippen LogP contribution in [0.15, 0.2) is 48.5 Å². The Bertz CT molecular complexity index is 702. The van der Waals surface area contributed by atoms with Gasteiger partial charge in [0.15, 0.2) is 0 Å². The van der Waals surface area contributed by atoms with Gasteiger partial charge in [-0.05, 0) is 48.9 Å². The van der Waals surface area contributed by atoms with Crippen molar-refractivity contribution in [3.8, 4) is 5.75 Å². The number of amides is 1. The Morgan fingerprint density at radius 3 is 2.91 bits per heavy atom. The molecular formula is C17H17N3O2. The molecular weight excluding hydrogens is 278 g/mol. The molecule has 1 saturated heterocycles. The van der Waals surface area contributed by atoms with Crippen molar-refractivity contribution >= 4 is 17.5 Å². The van der Waals surface area contributed by atoms with Crippen LogP contribution in [-0.2, 0) is 0 Å². The van der Waals surface area contributed by atoms with Crippen molar-refractivity contribution in [3.63, 3.8) is 0 Å². The minimum Gasteiger partial charge on any atom is -0.410 e. The largest absolute Gasteiger partial charge is 0.417 e. The molecule has 2 aromatic rings. The van der Waals surface area contributed by atoms with E-state index in [0.717, 1.165) is 24.3 Å². The molecule has 2 aromatic carbocycles. The fraction of sp³-hybridized carbons (Fsp3) is 0.235. The fourth-order valence-electron chi connectivity index (χ4n) is 3.17. The van der Waals surface area contributed by atoms with Crippen molar-refractivity contribution in [3.05, 3.63) is 54.1 Å². The lowest BCUT2D eigenvalue weighted by molar-refractivity contribution is 0.215. The van der Waals surface area contributed by atoms with Gasteiger partial charge in [0.1, 0.15) is 5.75 Å². The van der Waals surface area contributed by atoms with E-state index in [-0.39, 0.29) is 0 Å². The van der Waals surface area contributed by atoms with Gasteiger partial charge in [0.2, 0.25) is 0 Å². The van der Waals surface area contributed by atoms with Crippen molar-refractivity contribution in [2.75, 3.05) is 17.2 Å². The van der Waals surface area contributed by atoms with Crippen LogP contribution in [0.1, 0.15) is 17.9 Å². The summed E-state index contributed by atoms with van der Waals surface area (Å²) in [6, 6.07) is 15.0. The van der Waals surface area contributed by atoms with E-state index in [4.69, 9.17) is 4.74 Å². The number of fused-ring (bicyclic) bond motifs is 3. The van der Waals surface area contributed by atoms with Gasteiger partial charge in [-0.25, -0.2) is 4.79 Å². The molecule has 0 bridgehead atoms. The zero-order chi connectivity index (χ0) is 14.9. The molecule has 22 heavy (non-hydrogen) atoms. The Hall–Kier alpha value is -2.53. The fourth-order valence-corrected chi connectivity index (χ4v) is 3.17. The maximum atomic E-state index is 11.9. The molecule has 5 nitrogen and oxygen atoms in total. The number of rotatable bonds is 2. The van der Waals surface area contributed by atoms with Gasteiger partial charge in [-0.1, -0.05) is 18.2 Å². The molecule has 4 rings (SSSR count). The predicted molar refractivity (Wildman–Crippen MR) is 85.3 cm³/mol. The van der Waals surface area contributed by atoms with Crippen molar-refractivity contribution in [1.82, 2.24) is 5.32 Å². The number of carbonyl (C=O) groups excluding carboxylic acids is 1. The molecule has 0 aromatic heterocycles. The molecule has 2 unspecified atom stereocenters. The average molecular weight is 295 g/mol. The predicted octanol–water partition coefficient (Wildman–Crippen LogP) is 3.13. The number of hydrogen-bond donors (Lipinski definition) is 3. The van der Waals surface area contributed by atoms with Crippen LogP contribution in [0.2, 0.25) is 0 Å². The minimum atomic E-state index is -0.474. The van der Waals surface area contributed by atoms with Crippen LogP contribution >= 0.6 is 0 Å². The third kappa shape index (κ3) is 2.40. The Labute approximate surface area is 128 Å². The second-order valence-electron chi connectivity index (χ2n) is 5.60. The molecule has 3 N–H and O–H groups in total. The van der Waals surface area contributed by atoms with E-state index in [0.29, 0.717) is 17.8 Å². The highest BCUT2D eigenvalue weighted by Gasteiger charge is 2.35. The maximum Gasteiger partial charge on any atom is 0.417 e. The van der Waals surface area contributed by atoms with Crippen LogP contribution in [0.5, 0.6) is 5.75 Å². The van der Waals surface area contributed by atoms with Crippen LogP contribution in [0, 0.1) is 0 Å². The Kier molecular flexibility index (Phi) is 3.20. The molecule has 2 heterocycles. The van der Waals surface area contributed by atoms with Crippen LogP contribution in [0.25, 0.3) is 0 Å². The Morgan fingerprint density at radius 1 is 1.18 bits per heavy atom. The van der Waals surface area contributed by atoms with Gasteiger partial charge >= 0.3 is 6.09 Å². The number of benzene rings is 2. The second-order valence-corrected chi connectivity index (χ2v) is 5.60. The summed E-state index contributed by atoms with van der Waals surface area (Å²) in [6.07, 6.45) is 0.936. The normalized spacial score (nSPS) is 21.6. The van der Waals surface area contributed by atoms with Gasteiger partial charge in [0, 0.05) is 17.3 Å². The molecule has 112 valence electrons. The molecule has 0 saturated carbocycles. The van der Waals surface area contributed by atoms with E-state index < -0.39 is 6.09 Å². The first-order valence-electron chi connectivity index (χ1n) is 7.47. The summed E-state index contributed by atoms with van der Waals surface area (Å²) < 4.78 is 5.39. The van der Waals surface area contributed by atoms with E-state index in [1.807, 2.05) is 48.5 Å². The van der Waals surface area contributed by atoms with Crippen LogP contribution in [0.3, 0.4) is 0 Å². The smallest absolute Gasteiger partial charge is 0.410 e. The third-order valence-electron chi connectivity index (χ3n) is 4.19. The molecule has 0 aliphatic carbocycles. The molecule has 0 spiro atoms. The molecule has 5 heteroatoms. The van der Waals surface area contributed by atoms with Crippen molar-refractivity contribution in [2.45, 2.75) is 18.5 Å². The SMILES string of the molecule is O=C(Nc1ccccc1)Oc1ccc2c(c1)C1CCNC1N2. The molecule has 1 fully saturated rings. The third-order valence-corrected chi connectivity index (χ3v) is 4.19. The first-order chi connectivity index (χ1) is 10.8. The maximum absolute atomic E-state index is 11.9. The topological polar surface area (TPSA) is 62.4 Å². The van der Waals surface area contributed by atoms with E-state index in [1.165, 1.54) is 5.56 Å². The zero-order valence-electron chi connectivity index (χ0n) is 12.0. The van der Waals surface area contributed by atoms with Gasteiger partial charge in [0.05, 0.1) is 6.17 Å². The Morgan fingerprint density at radius 2 is 2.05 bits per heavy atom. The monoisotopic (exact) mass is 295 g/mol. The van der Waals surface area contributed by atoms with Crippen LogP contribution < -0.4 is 20.7 Å². The summed E-state index contributed by atoms with van der Waals surface area (Å²) in [7, 11) is 0. The second kappa shape index (κ2) is 5.35. The molecule has 2 aliphatic heterocycles.